The molecule has 0 aliphatic heterocycles. The molecule has 0 fully saturated rings. The lowest BCUT2D eigenvalue weighted by molar-refractivity contribution is -0.161. The van der Waals surface area contributed by atoms with Crippen LogP contribution in [-0.2, 0) is 32.7 Å². The monoisotopic (exact) mass is 744 g/mol. The molecule has 0 heterocycles. The quantitative estimate of drug-likeness (QED) is 0.0286. The summed E-state index contributed by atoms with van der Waals surface area (Å²) in [6.45, 7) is 4.28. The second-order valence-electron chi connectivity index (χ2n) is 14.2. The Morgan fingerprint density at radius 1 is 0.608 bits per heavy atom. The largest absolute Gasteiger partial charge is 0.472 e. The van der Waals surface area contributed by atoms with Crippen molar-refractivity contribution in [3.05, 3.63) is 24.3 Å². The van der Waals surface area contributed by atoms with Crippen molar-refractivity contribution >= 4 is 19.8 Å². The average Bonchev–Trinajstić information content (AvgIpc) is 3.09. The van der Waals surface area contributed by atoms with Gasteiger partial charge in [0.15, 0.2) is 6.10 Å². The summed E-state index contributed by atoms with van der Waals surface area (Å²) in [6.07, 6.45) is 36.4. The van der Waals surface area contributed by atoms with Crippen molar-refractivity contribution in [3.63, 3.8) is 0 Å². The van der Waals surface area contributed by atoms with Crippen LogP contribution in [0.15, 0.2) is 24.3 Å². The summed E-state index contributed by atoms with van der Waals surface area (Å²) in [4.78, 5) is 36.9. The van der Waals surface area contributed by atoms with E-state index in [0.29, 0.717) is 13.0 Å². The van der Waals surface area contributed by atoms with Crippen molar-refractivity contribution in [2.75, 3.05) is 40.5 Å². The van der Waals surface area contributed by atoms with Crippen molar-refractivity contribution in [3.8, 4) is 0 Å². The Morgan fingerprint density at radius 2 is 1.06 bits per heavy atom. The number of carbonyl (C=O) groups is 2. The third kappa shape index (κ3) is 38.0. The molecule has 2 unspecified atom stereocenters. The number of unbranched alkanes of at least 4 members (excludes halogenated alkanes) is 20. The molecule has 0 spiro atoms. The van der Waals surface area contributed by atoms with Gasteiger partial charge in [0.25, 0.3) is 0 Å². The number of nitrogens with zero attached hydrogens (tertiary/aromatic N) is 1. The fraction of sp³-hybridized carbons (Fsp3) is 0.854. The molecule has 0 rings (SSSR count). The number of allylic oxidation sites excluding steroid dienone is 4. The van der Waals surface area contributed by atoms with Crippen LogP contribution in [0.4, 0.5) is 0 Å². The van der Waals surface area contributed by atoms with Gasteiger partial charge in [-0.25, -0.2) is 4.57 Å². The van der Waals surface area contributed by atoms with Gasteiger partial charge >= 0.3 is 19.8 Å². The molecule has 9 nitrogen and oxygen atoms in total. The summed E-state index contributed by atoms with van der Waals surface area (Å²) in [5.74, 6) is -0.814. The van der Waals surface area contributed by atoms with Gasteiger partial charge in [0.2, 0.25) is 0 Å². The minimum Gasteiger partial charge on any atom is -0.462 e. The van der Waals surface area contributed by atoms with Gasteiger partial charge in [-0.1, -0.05) is 147 Å². The Kier molecular flexibility index (Phi) is 35.7. The van der Waals surface area contributed by atoms with Crippen molar-refractivity contribution < 1.29 is 37.6 Å². The van der Waals surface area contributed by atoms with Crippen LogP contribution in [-0.4, -0.2) is 68.3 Å². The van der Waals surface area contributed by atoms with Crippen LogP contribution in [0.3, 0.4) is 0 Å². The van der Waals surface area contributed by atoms with Crippen LogP contribution < -0.4 is 0 Å². The molecule has 0 aromatic carbocycles. The Morgan fingerprint density at radius 3 is 1.59 bits per heavy atom. The number of hydrogen-bond acceptors (Lipinski definition) is 8. The van der Waals surface area contributed by atoms with Crippen molar-refractivity contribution in [2.24, 2.45) is 0 Å². The fourth-order valence-corrected chi connectivity index (χ4v) is 6.28. The Hall–Kier alpha value is -1.51. The number of carbonyl (C=O) groups excluding carboxylic acids is 2. The lowest BCUT2D eigenvalue weighted by Crippen LogP contribution is -2.29. The first-order chi connectivity index (χ1) is 24.7. The van der Waals surface area contributed by atoms with E-state index < -0.39 is 26.5 Å². The molecule has 0 saturated carbocycles. The van der Waals surface area contributed by atoms with Gasteiger partial charge in [0, 0.05) is 19.4 Å². The second-order valence-corrected chi connectivity index (χ2v) is 15.6. The molecule has 0 aliphatic carbocycles. The number of rotatable bonds is 38. The van der Waals surface area contributed by atoms with Crippen LogP contribution in [0, 0.1) is 0 Å². The van der Waals surface area contributed by atoms with E-state index in [9.17, 15) is 19.0 Å². The Balaban J connectivity index is 4.34. The molecule has 0 aliphatic rings. The summed E-state index contributed by atoms with van der Waals surface area (Å²) in [5, 5.41) is 0. The van der Waals surface area contributed by atoms with Gasteiger partial charge < -0.3 is 19.3 Å². The van der Waals surface area contributed by atoms with Crippen LogP contribution in [0.1, 0.15) is 181 Å². The minimum atomic E-state index is -4.36. The van der Waals surface area contributed by atoms with Crippen LogP contribution in [0.5, 0.6) is 0 Å². The zero-order valence-corrected chi connectivity index (χ0v) is 34.2. The third-order valence-corrected chi connectivity index (χ3v) is 9.75. The zero-order chi connectivity index (χ0) is 37.7. The summed E-state index contributed by atoms with van der Waals surface area (Å²) in [7, 11) is -0.714. The highest BCUT2D eigenvalue weighted by atomic mass is 31.2. The van der Waals surface area contributed by atoms with Crippen LogP contribution in [0.2, 0.25) is 0 Å². The van der Waals surface area contributed by atoms with E-state index in [-0.39, 0.29) is 32.0 Å². The number of phosphoric acid groups is 1. The molecule has 0 aromatic heterocycles. The van der Waals surface area contributed by atoms with E-state index >= 15 is 0 Å². The van der Waals surface area contributed by atoms with Crippen LogP contribution >= 0.6 is 7.82 Å². The second kappa shape index (κ2) is 36.8. The van der Waals surface area contributed by atoms with E-state index in [1.54, 1.807) is 0 Å². The molecule has 0 radical (unpaired) electrons. The highest BCUT2D eigenvalue weighted by molar-refractivity contribution is 7.47. The standard InChI is InChI=1S/C41H78NO8P/c1-5-7-9-11-13-15-17-19-20-22-24-26-28-30-32-34-41(44)50-39(38-49-51(45,46)48-36-35-42(3)4)37-47-40(43)33-31-29-27-25-23-21-18-16-14-12-10-8-6-2/h13,15,19-20,39H,5-12,14,16-18,21-38H2,1-4H3,(H,45,46)/b15-13-,20-19-. The molecule has 2 atom stereocenters. The highest BCUT2D eigenvalue weighted by Crippen LogP contribution is 2.43. The van der Waals surface area contributed by atoms with E-state index in [1.165, 1.54) is 89.9 Å². The lowest BCUT2D eigenvalue weighted by atomic mass is 10.0. The Bertz CT molecular complexity index is 910. The highest BCUT2D eigenvalue weighted by Gasteiger charge is 2.26. The molecule has 0 bridgehead atoms. The molecule has 0 aromatic rings. The SMILES string of the molecule is CCCCC/C=C\C/C=C\CCCCCCCC(=O)OC(COC(=O)CCCCCCCCCCCCCCC)COP(=O)(O)OCCN(C)C. The number of phosphoric ester groups is 1. The number of likely N-dealkylation sites (N-methyl/N-ethyl adjacent to an activating group) is 1. The van der Waals surface area contributed by atoms with E-state index in [4.69, 9.17) is 18.5 Å². The first-order valence-corrected chi connectivity index (χ1v) is 22.1. The first kappa shape index (κ1) is 49.5. The number of ether oxygens (including phenoxy) is 2. The maximum Gasteiger partial charge on any atom is 0.472 e. The van der Waals surface area contributed by atoms with Crippen molar-refractivity contribution in [2.45, 2.75) is 187 Å². The molecule has 0 saturated heterocycles. The summed E-state index contributed by atoms with van der Waals surface area (Å²) >= 11 is 0. The maximum absolute atomic E-state index is 12.6. The molecule has 0 amide bonds. The smallest absolute Gasteiger partial charge is 0.462 e. The van der Waals surface area contributed by atoms with Crippen molar-refractivity contribution in [1.82, 2.24) is 4.90 Å². The summed E-state index contributed by atoms with van der Waals surface area (Å²) in [5.41, 5.74) is 0. The Labute approximate surface area is 313 Å². The average molecular weight is 744 g/mol. The molecular formula is C41H78NO8P. The summed E-state index contributed by atoms with van der Waals surface area (Å²) in [6, 6.07) is 0. The molecule has 10 heteroatoms. The van der Waals surface area contributed by atoms with Gasteiger partial charge in [0.05, 0.1) is 13.2 Å². The zero-order valence-electron chi connectivity index (χ0n) is 33.3. The molecule has 300 valence electrons. The van der Waals surface area contributed by atoms with E-state index in [2.05, 4.69) is 38.2 Å². The van der Waals surface area contributed by atoms with E-state index in [0.717, 1.165) is 57.8 Å². The van der Waals surface area contributed by atoms with Crippen molar-refractivity contribution in [1.29, 1.82) is 0 Å². The van der Waals surface area contributed by atoms with Gasteiger partial charge in [-0.2, -0.15) is 0 Å². The molecule has 51 heavy (non-hydrogen) atoms. The normalized spacial score (nSPS) is 13.7. The molecular weight excluding hydrogens is 665 g/mol. The minimum absolute atomic E-state index is 0.00612. The topological polar surface area (TPSA) is 112 Å². The van der Waals surface area contributed by atoms with Gasteiger partial charge in [0.1, 0.15) is 6.61 Å². The van der Waals surface area contributed by atoms with Gasteiger partial charge in [-0.05, 0) is 59.0 Å². The van der Waals surface area contributed by atoms with Gasteiger partial charge in [-0.15, -0.1) is 0 Å². The lowest BCUT2D eigenvalue weighted by Gasteiger charge is -2.20. The van der Waals surface area contributed by atoms with E-state index in [1.807, 2.05) is 19.0 Å². The fourth-order valence-electron chi connectivity index (χ4n) is 5.54. The first-order valence-electron chi connectivity index (χ1n) is 20.6. The molecule has 1 N–H and O–H groups in total. The number of hydrogen-bond donors (Lipinski definition) is 1. The van der Waals surface area contributed by atoms with Crippen LogP contribution in [0.25, 0.3) is 0 Å². The van der Waals surface area contributed by atoms with Gasteiger partial charge in [-0.3, -0.25) is 18.6 Å². The third-order valence-electron chi connectivity index (χ3n) is 8.76. The maximum atomic E-state index is 12.6. The predicted molar refractivity (Wildman–Crippen MR) is 211 cm³/mol. The summed E-state index contributed by atoms with van der Waals surface area (Å²) < 4.78 is 33.4. The predicted octanol–water partition coefficient (Wildman–Crippen LogP) is 11.4. The number of esters is 2.